The molecule has 1 saturated heterocycles. The molecule has 0 radical (unpaired) electrons. The molecule has 0 spiro atoms. The summed E-state index contributed by atoms with van der Waals surface area (Å²) in [6, 6.07) is 6.43. The molecule has 1 aromatic carbocycles. The van der Waals surface area contributed by atoms with Crippen molar-refractivity contribution in [2.75, 3.05) is 34.4 Å². The fourth-order valence-electron chi connectivity index (χ4n) is 4.94. The fourth-order valence-corrected chi connectivity index (χ4v) is 4.94. The summed E-state index contributed by atoms with van der Waals surface area (Å²) in [5.41, 5.74) is 5.27. The van der Waals surface area contributed by atoms with Crippen molar-refractivity contribution in [3.63, 3.8) is 0 Å². The maximum atomic E-state index is 12.9. The van der Waals surface area contributed by atoms with Gasteiger partial charge in [0.1, 0.15) is 5.76 Å². The van der Waals surface area contributed by atoms with Gasteiger partial charge >= 0.3 is 6.03 Å². The Hall–Kier alpha value is -4.09. The SMILES string of the molecule is Cc1[nH]c(C=C2C(=O)Nc3cc(NC(=O)Nc4cc(C(C)(C)C)on4)ccc32)c(C)c1NC(=O)C1CCNCC1.Cl. The number of nitrogens with zero attached hydrogens (tertiary/aromatic N) is 1. The Bertz CT molecular complexity index is 1510. The van der Waals surface area contributed by atoms with Gasteiger partial charge < -0.3 is 30.8 Å². The van der Waals surface area contributed by atoms with E-state index in [0.29, 0.717) is 34.1 Å². The standard InChI is InChI=1S/C29H35N7O4.ClH/c1-15-21(31-16(2)25(15)35-26(37)17-8-10-30-11-9-17)13-20-19-7-6-18(12-22(19)33-27(20)38)32-28(39)34-24-14-23(40-36-24)29(3,4)5;/h6-7,12-14,17,30-31H,8-11H2,1-5H3,(H,33,38)(H,35,37)(H2,32,34,36,39);1H. The lowest BCUT2D eigenvalue weighted by Crippen LogP contribution is -2.34. The number of halogens is 1. The van der Waals surface area contributed by atoms with E-state index in [2.05, 4.69) is 36.7 Å². The first-order valence-corrected chi connectivity index (χ1v) is 13.4. The summed E-state index contributed by atoms with van der Waals surface area (Å²) >= 11 is 0. The average molecular weight is 582 g/mol. The van der Waals surface area contributed by atoms with Gasteiger partial charge in [-0.05, 0) is 63.6 Å². The average Bonchev–Trinajstić information content (AvgIpc) is 3.57. The Morgan fingerprint density at radius 1 is 1.07 bits per heavy atom. The van der Waals surface area contributed by atoms with Crippen LogP contribution in [0.5, 0.6) is 0 Å². The van der Waals surface area contributed by atoms with Gasteiger partial charge in [0.25, 0.3) is 5.91 Å². The fraction of sp³-hybridized carbons (Fsp3) is 0.379. The summed E-state index contributed by atoms with van der Waals surface area (Å²) < 4.78 is 5.31. The zero-order valence-electron chi connectivity index (χ0n) is 23.8. The monoisotopic (exact) mass is 581 g/mol. The van der Waals surface area contributed by atoms with Crippen molar-refractivity contribution in [2.24, 2.45) is 5.92 Å². The summed E-state index contributed by atoms with van der Waals surface area (Å²) in [6.07, 6.45) is 3.43. The van der Waals surface area contributed by atoms with E-state index in [1.807, 2.05) is 34.6 Å². The summed E-state index contributed by atoms with van der Waals surface area (Å²) in [6.45, 7) is 11.5. The Morgan fingerprint density at radius 2 is 1.80 bits per heavy atom. The van der Waals surface area contributed by atoms with Crippen molar-refractivity contribution < 1.29 is 18.9 Å². The lowest BCUT2D eigenvalue weighted by molar-refractivity contribution is -0.120. The van der Waals surface area contributed by atoms with E-state index in [1.54, 1.807) is 30.3 Å². The van der Waals surface area contributed by atoms with Crippen molar-refractivity contribution in [1.82, 2.24) is 15.5 Å². The van der Waals surface area contributed by atoms with Gasteiger partial charge in [-0.25, -0.2) is 4.79 Å². The molecule has 218 valence electrons. The first kappa shape index (κ1) is 29.9. The van der Waals surface area contributed by atoms with Crippen molar-refractivity contribution in [2.45, 2.75) is 52.9 Å². The number of nitrogens with one attached hydrogen (secondary N) is 6. The van der Waals surface area contributed by atoms with Crippen LogP contribution in [0.2, 0.25) is 0 Å². The number of rotatable bonds is 5. The van der Waals surface area contributed by atoms with E-state index in [-0.39, 0.29) is 35.6 Å². The number of hydrogen-bond acceptors (Lipinski definition) is 6. The molecule has 4 amide bonds. The topological polar surface area (TPSA) is 153 Å². The van der Waals surface area contributed by atoms with Crippen LogP contribution in [0, 0.1) is 19.8 Å². The smallest absolute Gasteiger partial charge is 0.324 e. The molecule has 2 aromatic heterocycles. The maximum Gasteiger partial charge on any atom is 0.324 e. The highest BCUT2D eigenvalue weighted by molar-refractivity contribution is 6.35. The van der Waals surface area contributed by atoms with E-state index < -0.39 is 6.03 Å². The molecule has 0 bridgehead atoms. The van der Waals surface area contributed by atoms with E-state index in [0.717, 1.165) is 48.6 Å². The van der Waals surface area contributed by atoms with Gasteiger partial charge in [-0.2, -0.15) is 0 Å². The number of urea groups is 1. The zero-order valence-corrected chi connectivity index (χ0v) is 24.6. The number of hydrogen-bond donors (Lipinski definition) is 6. The van der Waals surface area contributed by atoms with Crippen LogP contribution in [0.3, 0.4) is 0 Å². The molecule has 5 rings (SSSR count). The van der Waals surface area contributed by atoms with Gasteiger partial charge in [-0.1, -0.05) is 32.0 Å². The Labute approximate surface area is 244 Å². The van der Waals surface area contributed by atoms with Crippen LogP contribution >= 0.6 is 12.4 Å². The third-order valence-corrected chi connectivity index (χ3v) is 7.27. The van der Waals surface area contributed by atoms with Crippen LogP contribution in [0.25, 0.3) is 11.6 Å². The molecule has 2 aliphatic rings. The predicted octanol–water partition coefficient (Wildman–Crippen LogP) is 5.41. The molecule has 1 fully saturated rings. The highest BCUT2D eigenvalue weighted by Crippen LogP contribution is 2.36. The molecule has 6 N–H and O–H groups in total. The number of amides is 4. The number of aryl methyl sites for hydroxylation is 1. The Kier molecular flexibility index (Phi) is 8.60. The summed E-state index contributed by atoms with van der Waals surface area (Å²) in [7, 11) is 0. The highest BCUT2D eigenvalue weighted by Gasteiger charge is 2.27. The van der Waals surface area contributed by atoms with Gasteiger partial charge in [0, 0.05) is 40.0 Å². The molecule has 0 aliphatic carbocycles. The van der Waals surface area contributed by atoms with Gasteiger partial charge in [-0.15, -0.1) is 12.4 Å². The second-order valence-corrected chi connectivity index (χ2v) is 11.4. The third kappa shape index (κ3) is 6.47. The second kappa shape index (κ2) is 11.8. The molecular weight excluding hydrogens is 546 g/mol. The van der Waals surface area contributed by atoms with Gasteiger partial charge in [0.05, 0.1) is 16.9 Å². The van der Waals surface area contributed by atoms with Crippen molar-refractivity contribution in [3.05, 3.63) is 52.5 Å². The van der Waals surface area contributed by atoms with E-state index in [1.165, 1.54) is 0 Å². The Morgan fingerprint density at radius 3 is 2.49 bits per heavy atom. The Balaban J connectivity index is 0.00000387. The number of carbonyl (C=O) groups excluding carboxylic acids is 3. The lowest BCUT2D eigenvalue weighted by atomic mass is 9.93. The molecular formula is C29H36ClN7O4. The molecule has 0 atom stereocenters. The number of H-pyrrole nitrogens is 1. The van der Waals surface area contributed by atoms with Gasteiger partial charge in [0.15, 0.2) is 5.82 Å². The molecule has 2 aliphatic heterocycles. The van der Waals surface area contributed by atoms with Crippen molar-refractivity contribution >= 4 is 64.8 Å². The first-order chi connectivity index (χ1) is 19.0. The molecule has 4 heterocycles. The number of aromatic amines is 1. The minimum Gasteiger partial charge on any atom is -0.359 e. The van der Waals surface area contributed by atoms with Gasteiger partial charge in [0.2, 0.25) is 5.91 Å². The summed E-state index contributed by atoms with van der Waals surface area (Å²) in [5, 5.41) is 18.6. The number of carbonyl (C=O) groups is 3. The van der Waals surface area contributed by atoms with Crippen molar-refractivity contribution in [1.29, 1.82) is 0 Å². The van der Waals surface area contributed by atoms with Crippen LogP contribution < -0.4 is 26.6 Å². The minimum atomic E-state index is -0.481. The van der Waals surface area contributed by atoms with Crippen molar-refractivity contribution in [3.8, 4) is 0 Å². The van der Waals surface area contributed by atoms with Crippen LogP contribution in [-0.4, -0.2) is 41.1 Å². The molecule has 41 heavy (non-hydrogen) atoms. The summed E-state index contributed by atoms with van der Waals surface area (Å²) in [4.78, 5) is 41.5. The van der Waals surface area contributed by atoms with E-state index in [9.17, 15) is 14.4 Å². The normalized spacial score (nSPS) is 16.1. The molecule has 3 aromatic rings. The number of aromatic nitrogens is 2. The highest BCUT2D eigenvalue weighted by atomic mass is 35.5. The maximum absolute atomic E-state index is 12.9. The van der Waals surface area contributed by atoms with Gasteiger partial charge in [-0.3, -0.25) is 14.9 Å². The zero-order chi connectivity index (χ0) is 28.6. The van der Waals surface area contributed by atoms with Crippen LogP contribution in [-0.2, 0) is 15.0 Å². The first-order valence-electron chi connectivity index (χ1n) is 13.4. The number of piperidine rings is 1. The second-order valence-electron chi connectivity index (χ2n) is 11.4. The predicted molar refractivity (Wildman–Crippen MR) is 163 cm³/mol. The largest absolute Gasteiger partial charge is 0.359 e. The lowest BCUT2D eigenvalue weighted by Gasteiger charge is -2.22. The van der Waals surface area contributed by atoms with E-state index >= 15 is 0 Å². The molecule has 0 saturated carbocycles. The number of anilines is 4. The minimum absolute atomic E-state index is 0. The molecule has 0 unspecified atom stereocenters. The quantitative estimate of drug-likeness (QED) is 0.221. The number of benzene rings is 1. The third-order valence-electron chi connectivity index (χ3n) is 7.27. The van der Waals surface area contributed by atoms with E-state index in [4.69, 9.17) is 4.52 Å². The number of fused-ring (bicyclic) bond motifs is 1. The van der Waals surface area contributed by atoms with Crippen LogP contribution in [0.1, 0.15) is 61.9 Å². The molecule has 11 nitrogen and oxygen atoms in total. The molecule has 12 heteroatoms. The van der Waals surface area contributed by atoms with Crippen LogP contribution in [0.4, 0.5) is 27.7 Å². The van der Waals surface area contributed by atoms with Crippen LogP contribution in [0.15, 0.2) is 28.8 Å². The summed E-state index contributed by atoms with van der Waals surface area (Å²) in [5.74, 6) is 0.736.